The van der Waals surface area contributed by atoms with Crippen LogP contribution in [0.4, 0.5) is 4.39 Å². The smallest absolute Gasteiger partial charge is 0.339 e. The van der Waals surface area contributed by atoms with Gasteiger partial charge in [0.1, 0.15) is 11.6 Å². The van der Waals surface area contributed by atoms with Crippen LogP contribution in [0.3, 0.4) is 0 Å². The second-order valence-electron chi connectivity index (χ2n) is 12.4. The molecule has 8 heteroatoms. The fourth-order valence-electron chi connectivity index (χ4n) is 6.55. The maximum atomic E-state index is 13.7. The van der Waals surface area contributed by atoms with Gasteiger partial charge in [-0.3, -0.25) is 14.7 Å². The Morgan fingerprint density at radius 2 is 1.74 bits per heavy atom. The number of piperidine rings is 1. The minimum Gasteiger partial charge on any atom is -0.491 e. The molecular weight excluding hydrogens is 545 g/mol. The average Bonchev–Trinajstić information content (AvgIpc) is 3.84. The topological polar surface area (TPSA) is 72.0 Å². The van der Waals surface area contributed by atoms with E-state index in [2.05, 4.69) is 22.0 Å². The average molecular weight is 586 g/mol. The molecule has 1 aromatic heterocycles. The maximum Gasteiger partial charge on any atom is 0.339 e. The van der Waals surface area contributed by atoms with Crippen molar-refractivity contribution in [3.8, 4) is 16.9 Å². The van der Waals surface area contributed by atoms with E-state index in [1.807, 2.05) is 30.9 Å². The molecule has 2 fully saturated rings. The van der Waals surface area contributed by atoms with E-state index in [4.69, 9.17) is 9.47 Å². The van der Waals surface area contributed by atoms with Crippen molar-refractivity contribution in [2.75, 3.05) is 26.7 Å². The van der Waals surface area contributed by atoms with Crippen molar-refractivity contribution in [1.29, 1.82) is 0 Å². The van der Waals surface area contributed by atoms with Crippen LogP contribution in [0.5, 0.6) is 5.75 Å². The summed E-state index contributed by atoms with van der Waals surface area (Å²) in [6.07, 6.45) is 4.83. The standard InChI is InChI=1S/C35H40FN3O4/c1-21(2)43-33-19-30(24-7-9-26(36)10-8-24)29(23-5-6-23)17-25(33)20-38-14-11-27(12-15-38)39-16-13-32-31(34(39)40)18-28(22(3)37-32)35(41)42-4/h7-10,17-19,21,23,27H,5-6,11-16,20H2,1-4H3. The number of esters is 1. The van der Waals surface area contributed by atoms with Crippen molar-refractivity contribution in [2.24, 2.45) is 0 Å². The molecule has 0 atom stereocenters. The molecule has 3 aliphatic rings. The monoisotopic (exact) mass is 585 g/mol. The van der Waals surface area contributed by atoms with Gasteiger partial charge in [0.05, 0.1) is 35.7 Å². The fourth-order valence-corrected chi connectivity index (χ4v) is 6.55. The molecule has 226 valence electrons. The van der Waals surface area contributed by atoms with Gasteiger partial charge < -0.3 is 14.4 Å². The lowest BCUT2D eigenvalue weighted by Gasteiger charge is -2.40. The van der Waals surface area contributed by atoms with Crippen LogP contribution in [0.1, 0.15) is 88.7 Å². The number of hydrogen-bond acceptors (Lipinski definition) is 6. The van der Waals surface area contributed by atoms with Crippen LogP contribution in [0, 0.1) is 12.7 Å². The van der Waals surface area contributed by atoms with Crippen LogP contribution in [0.25, 0.3) is 11.1 Å². The lowest BCUT2D eigenvalue weighted by Crippen LogP contribution is -2.50. The molecule has 0 bridgehead atoms. The third kappa shape index (κ3) is 6.16. The van der Waals surface area contributed by atoms with E-state index in [0.717, 1.165) is 55.0 Å². The number of carbonyl (C=O) groups is 2. The number of aromatic nitrogens is 1. The first kappa shape index (κ1) is 29.3. The summed E-state index contributed by atoms with van der Waals surface area (Å²) < 4.78 is 24.9. The molecule has 3 aromatic rings. The van der Waals surface area contributed by atoms with Gasteiger partial charge in [0.15, 0.2) is 0 Å². The number of nitrogens with zero attached hydrogens (tertiary/aromatic N) is 3. The van der Waals surface area contributed by atoms with Gasteiger partial charge in [-0.25, -0.2) is 9.18 Å². The number of likely N-dealkylation sites (tertiary alicyclic amines) is 1. The van der Waals surface area contributed by atoms with Crippen LogP contribution in [0.15, 0.2) is 42.5 Å². The number of halogens is 1. The molecule has 1 saturated carbocycles. The molecule has 0 N–H and O–H groups in total. The van der Waals surface area contributed by atoms with Gasteiger partial charge in [0, 0.05) is 44.2 Å². The third-order valence-electron chi connectivity index (χ3n) is 8.94. The number of amides is 1. The van der Waals surface area contributed by atoms with E-state index in [0.29, 0.717) is 35.7 Å². The number of benzene rings is 2. The van der Waals surface area contributed by atoms with Crippen LogP contribution < -0.4 is 4.74 Å². The van der Waals surface area contributed by atoms with Gasteiger partial charge >= 0.3 is 5.97 Å². The highest BCUT2D eigenvalue weighted by atomic mass is 19.1. The first-order valence-electron chi connectivity index (χ1n) is 15.4. The Labute approximate surface area is 253 Å². The van der Waals surface area contributed by atoms with Gasteiger partial charge in [-0.2, -0.15) is 0 Å². The van der Waals surface area contributed by atoms with Gasteiger partial charge in [0.25, 0.3) is 5.91 Å². The Bertz CT molecular complexity index is 1530. The highest BCUT2D eigenvalue weighted by molar-refractivity contribution is 6.00. The Morgan fingerprint density at radius 1 is 1.02 bits per heavy atom. The fraction of sp³-hybridized carbons (Fsp3) is 0.457. The summed E-state index contributed by atoms with van der Waals surface area (Å²) in [7, 11) is 1.34. The third-order valence-corrected chi connectivity index (χ3v) is 8.94. The van der Waals surface area contributed by atoms with E-state index < -0.39 is 5.97 Å². The van der Waals surface area contributed by atoms with Crippen molar-refractivity contribution in [2.45, 2.75) is 77.5 Å². The molecule has 1 amide bonds. The quantitative estimate of drug-likeness (QED) is 0.289. The van der Waals surface area contributed by atoms with Gasteiger partial charge in [-0.1, -0.05) is 12.1 Å². The Balaban J connectivity index is 1.18. The summed E-state index contributed by atoms with van der Waals surface area (Å²) in [4.78, 5) is 34.8. The summed E-state index contributed by atoms with van der Waals surface area (Å²) in [5.74, 6) is 0.665. The van der Waals surface area contributed by atoms with Crippen LogP contribution in [0.2, 0.25) is 0 Å². The number of aryl methyl sites for hydroxylation is 1. The van der Waals surface area contributed by atoms with Crippen molar-refractivity contribution in [3.63, 3.8) is 0 Å². The molecular formula is C35H40FN3O4. The molecule has 6 rings (SSSR count). The predicted octanol–water partition coefficient (Wildman–Crippen LogP) is 6.31. The second-order valence-corrected chi connectivity index (χ2v) is 12.4. The maximum absolute atomic E-state index is 13.7. The number of pyridine rings is 1. The van der Waals surface area contributed by atoms with Crippen LogP contribution in [-0.4, -0.2) is 65.6 Å². The van der Waals surface area contributed by atoms with E-state index in [9.17, 15) is 14.0 Å². The van der Waals surface area contributed by atoms with E-state index >= 15 is 0 Å². The molecule has 7 nitrogen and oxygen atoms in total. The lowest BCUT2D eigenvalue weighted by atomic mass is 9.93. The van der Waals surface area contributed by atoms with Gasteiger partial charge in [-0.15, -0.1) is 0 Å². The van der Waals surface area contributed by atoms with E-state index in [1.165, 1.54) is 43.2 Å². The number of rotatable bonds is 8. The Kier molecular flexibility index (Phi) is 8.23. The van der Waals surface area contributed by atoms with E-state index in [1.54, 1.807) is 13.0 Å². The van der Waals surface area contributed by atoms with Crippen LogP contribution >= 0.6 is 0 Å². The summed E-state index contributed by atoms with van der Waals surface area (Å²) in [5, 5.41) is 0. The summed E-state index contributed by atoms with van der Waals surface area (Å²) in [6.45, 7) is 9.03. The molecule has 3 heterocycles. The number of fused-ring (bicyclic) bond motifs is 1. The summed E-state index contributed by atoms with van der Waals surface area (Å²) in [5.41, 5.74) is 6.87. The summed E-state index contributed by atoms with van der Waals surface area (Å²) in [6, 6.07) is 13.0. The molecule has 0 radical (unpaired) electrons. The molecule has 0 unspecified atom stereocenters. The van der Waals surface area contributed by atoms with Crippen molar-refractivity contribution in [1.82, 2.24) is 14.8 Å². The van der Waals surface area contributed by atoms with E-state index in [-0.39, 0.29) is 23.9 Å². The minimum atomic E-state index is -0.470. The summed E-state index contributed by atoms with van der Waals surface area (Å²) >= 11 is 0. The zero-order valence-electron chi connectivity index (χ0n) is 25.5. The number of hydrogen-bond donors (Lipinski definition) is 0. The lowest BCUT2D eigenvalue weighted by molar-refractivity contribution is 0.0542. The highest BCUT2D eigenvalue weighted by Gasteiger charge is 2.34. The zero-order valence-corrected chi connectivity index (χ0v) is 25.5. The Morgan fingerprint density at radius 3 is 2.40 bits per heavy atom. The molecule has 2 aliphatic heterocycles. The highest BCUT2D eigenvalue weighted by Crippen LogP contribution is 2.47. The number of carbonyl (C=O) groups excluding carboxylic acids is 2. The first-order valence-corrected chi connectivity index (χ1v) is 15.4. The SMILES string of the molecule is COC(=O)c1cc2c(nc1C)CCN(C1CCN(Cc3cc(C4CC4)c(-c4ccc(F)cc4)cc3OC(C)C)CC1)C2=O. The van der Waals surface area contributed by atoms with Crippen LogP contribution in [-0.2, 0) is 17.7 Å². The normalized spacial score (nSPS) is 17.7. The molecule has 43 heavy (non-hydrogen) atoms. The largest absolute Gasteiger partial charge is 0.491 e. The minimum absolute atomic E-state index is 0.0308. The number of methoxy groups -OCH3 is 1. The Hall–Kier alpha value is -3.78. The molecule has 1 aliphatic carbocycles. The number of ether oxygens (including phenoxy) is 2. The zero-order chi connectivity index (χ0) is 30.2. The van der Waals surface area contributed by atoms with Gasteiger partial charge in [-0.05, 0) is 99.4 Å². The van der Waals surface area contributed by atoms with Crippen molar-refractivity contribution in [3.05, 3.63) is 81.9 Å². The predicted molar refractivity (Wildman–Crippen MR) is 163 cm³/mol. The molecule has 1 saturated heterocycles. The second kappa shape index (κ2) is 12.1. The van der Waals surface area contributed by atoms with Crippen molar-refractivity contribution >= 4 is 11.9 Å². The molecule has 0 spiro atoms. The molecule has 2 aromatic carbocycles. The first-order chi connectivity index (χ1) is 20.7. The van der Waals surface area contributed by atoms with Crippen molar-refractivity contribution < 1.29 is 23.5 Å². The van der Waals surface area contributed by atoms with Gasteiger partial charge in [0.2, 0.25) is 0 Å².